The van der Waals surface area contributed by atoms with Crippen molar-refractivity contribution in [3.63, 3.8) is 0 Å². The maximum Gasteiger partial charge on any atom is 1.00 e. The Morgan fingerprint density at radius 1 is 1.22 bits per heavy atom. The van der Waals surface area contributed by atoms with Gasteiger partial charge in [-0.3, -0.25) is 0 Å². The zero-order chi connectivity index (χ0) is 6.73. The standard InChI is InChI=1S/C3HCl3O2.Na/c4-1(2(5)6)3(7)8;/h(H,7,8);/q;+1/p-1. The van der Waals surface area contributed by atoms with Crippen molar-refractivity contribution in [3.8, 4) is 0 Å². The van der Waals surface area contributed by atoms with Gasteiger partial charge in [0.25, 0.3) is 0 Å². The SMILES string of the molecule is O=C([O-])C(Cl)=C(Cl)Cl.[Na+]. The fraction of sp³-hybridized carbons (Fsp3) is 0. The molecule has 0 rings (SSSR count). The molecule has 9 heavy (non-hydrogen) atoms. The molecule has 0 radical (unpaired) electrons. The van der Waals surface area contributed by atoms with E-state index in [9.17, 15) is 9.90 Å². The first kappa shape index (κ1) is 12.7. The van der Waals surface area contributed by atoms with Crippen molar-refractivity contribution in [2.75, 3.05) is 0 Å². The first-order chi connectivity index (χ1) is 3.55. The molecule has 0 heterocycles. The summed E-state index contributed by atoms with van der Waals surface area (Å²) in [4.78, 5) is 9.67. The summed E-state index contributed by atoms with van der Waals surface area (Å²) in [6.07, 6.45) is 0. The van der Waals surface area contributed by atoms with Gasteiger partial charge in [0, 0.05) is 0 Å². The van der Waals surface area contributed by atoms with Crippen LogP contribution in [0.5, 0.6) is 0 Å². The molecular formula is C3Cl3NaO2. The Balaban J connectivity index is 0. The quantitative estimate of drug-likeness (QED) is 0.348. The molecule has 0 fully saturated rings. The number of hydrogen-bond donors (Lipinski definition) is 0. The van der Waals surface area contributed by atoms with Crippen LogP contribution in [-0.2, 0) is 4.79 Å². The first-order valence-electron chi connectivity index (χ1n) is 1.48. The predicted octanol–water partition coefficient (Wildman–Crippen LogP) is -2.37. The number of carboxylic acids is 1. The first-order valence-corrected chi connectivity index (χ1v) is 2.61. The van der Waals surface area contributed by atoms with Gasteiger partial charge in [-0.1, -0.05) is 34.8 Å². The second kappa shape index (κ2) is 5.83. The minimum atomic E-state index is -1.58. The van der Waals surface area contributed by atoms with E-state index in [-0.39, 0.29) is 29.6 Å². The van der Waals surface area contributed by atoms with Crippen molar-refractivity contribution in [1.29, 1.82) is 0 Å². The second-order valence-corrected chi connectivity index (χ2v) is 2.19. The molecule has 0 bridgehead atoms. The van der Waals surface area contributed by atoms with E-state index >= 15 is 0 Å². The Morgan fingerprint density at radius 2 is 1.56 bits per heavy atom. The van der Waals surface area contributed by atoms with E-state index in [2.05, 4.69) is 0 Å². The van der Waals surface area contributed by atoms with E-state index in [1.54, 1.807) is 0 Å². The van der Waals surface area contributed by atoms with Gasteiger partial charge in [-0.2, -0.15) is 0 Å². The van der Waals surface area contributed by atoms with Crippen molar-refractivity contribution >= 4 is 40.8 Å². The molecule has 0 atom stereocenters. The topological polar surface area (TPSA) is 40.1 Å². The molecule has 0 amide bonds. The average Bonchev–Trinajstić information content (AvgIpc) is 1.64. The van der Waals surface area contributed by atoms with Gasteiger partial charge >= 0.3 is 29.6 Å². The predicted molar refractivity (Wildman–Crippen MR) is 29.6 cm³/mol. The summed E-state index contributed by atoms with van der Waals surface area (Å²) in [7, 11) is 0. The minimum absolute atomic E-state index is 0. The Hall–Kier alpha value is 1.08. The van der Waals surface area contributed by atoms with E-state index in [0.29, 0.717) is 0 Å². The molecule has 0 aromatic carbocycles. The summed E-state index contributed by atoms with van der Waals surface area (Å²) in [5.41, 5.74) is 0. The van der Waals surface area contributed by atoms with E-state index in [0.717, 1.165) is 0 Å². The molecule has 0 aliphatic heterocycles. The molecule has 0 saturated heterocycles. The van der Waals surface area contributed by atoms with Gasteiger partial charge in [0.1, 0.15) is 4.49 Å². The average molecular weight is 197 g/mol. The van der Waals surface area contributed by atoms with Crippen LogP contribution < -0.4 is 34.7 Å². The van der Waals surface area contributed by atoms with E-state index in [1.165, 1.54) is 0 Å². The molecule has 0 spiro atoms. The van der Waals surface area contributed by atoms with Crippen molar-refractivity contribution < 1.29 is 39.5 Å². The molecule has 6 heteroatoms. The van der Waals surface area contributed by atoms with Crippen LogP contribution in [0.25, 0.3) is 0 Å². The summed E-state index contributed by atoms with van der Waals surface area (Å²) >= 11 is 14.7. The second-order valence-electron chi connectivity index (χ2n) is 0.862. The summed E-state index contributed by atoms with van der Waals surface area (Å²) in [6.45, 7) is 0. The van der Waals surface area contributed by atoms with Crippen molar-refractivity contribution in [3.05, 3.63) is 9.52 Å². The van der Waals surface area contributed by atoms with Crippen LogP contribution in [0, 0.1) is 0 Å². The monoisotopic (exact) mass is 196 g/mol. The Labute approximate surface area is 89.1 Å². The van der Waals surface area contributed by atoms with E-state index < -0.39 is 15.5 Å². The van der Waals surface area contributed by atoms with Gasteiger partial charge < -0.3 is 9.90 Å². The molecule has 0 aromatic rings. The van der Waals surface area contributed by atoms with Crippen LogP contribution >= 0.6 is 34.8 Å². The minimum Gasteiger partial charge on any atom is -0.544 e. The third-order valence-corrected chi connectivity index (χ3v) is 1.26. The third-order valence-electron chi connectivity index (χ3n) is 0.345. The molecule has 0 aliphatic rings. The van der Waals surface area contributed by atoms with Gasteiger partial charge in [-0.25, -0.2) is 0 Å². The maximum absolute atomic E-state index is 9.67. The Morgan fingerprint density at radius 3 is 1.56 bits per heavy atom. The molecular weight excluding hydrogens is 197 g/mol. The Kier molecular flexibility index (Phi) is 8.25. The van der Waals surface area contributed by atoms with Gasteiger partial charge in [-0.15, -0.1) is 0 Å². The van der Waals surface area contributed by atoms with Crippen molar-refractivity contribution in [2.24, 2.45) is 0 Å². The zero-order valence-electron chi connectivity index (χ0n) is 4.45. The van der Waals surface area contributed by atoms with Crippen LogP contribution in [0.1, 0.15) is 0 Å². The molecule has 0 N–H and O–H groups in total. The number of carbonyl (C=O) groups is 1. The molecule has 0 unspecified atom stereocenters. The van der Waals surface area contributed by atoms with Gasteiger partial charge in [0.15, 0.2) is 0 Å². The number of hydrogen-bond acceptors (Lipinski definition) is 2. The van der Waals surface area contributed by atoms with Gasteiger partial charge in [0.05, 0.1) is 11.0 Å². The number of halogens is 3. The van der Waals surface area contributed by atoms with Gasteiger partial charge in [-0.05, 0) is 0 Å². The van der Waals surface area contributed by atoms with Crippen LogP contribution in [-0.4, -0.2) is 5.97 Å². The fourth-order valence-electron chi connectivity index (χ4n) is 0.0772. The van der Waals surface area contributed by atoms with Crippen molar-refractivity contribution in [2.45, 2.75) is 0 Å². The number of rotatable bonds is 1. The zero-order valence-corrected chi connectivity index (χ0v) is 8.72. The molecule has 46 valence electrons. The molecule has 0 aliphatic carbocycles. The van der Waals surface area contributed by atoms with Crippen molar-refractivity contribution in [1.82, 2.24) is 0 Å². The Bertz CT molecular complexity index is 140. The third kappa shape index (κ3) is 5.52. The summed E-state index contributed by atoms with van der Waals surface area (Å²) in [6, 6.07) is 0. The smallest absolute Gasteiger partial charge is 0.544 e. The summed E-state index contributed by atoms with van der Waals surface area (Å²) in [5.74, 6) is -1.58. The summed E-state index contributed by atoms with van der Waals surface area (Å²) in [5, 5.41) is 9.00. The number of carboxylic acid groups (broad SMARTS) is 1. The van der Waals surface area contributed by atoms with Crippen LogP contribution in [0.2, 0.25) is 0 Å². The number of aliphatic carboxylic acids is 1. The maximum atomic E-state index is 9.67. The van der Waals surface area contributed by atoms with Crippen LogP contribution in [0.4, 0.5) is 0 Å². The molecule has 0 aromatic heterocycles. The molecule has 2 nitrogen and oxygen atoms in total. The van der Waals surface area contributed by atoms with Crippen LogP contribution in [0.15, 0.2) is 9.52 Å². The molecule has 0 saturated carbocycles. The largest absolute Gasteiger partial charge is 1.00 e. The van der Waals surface area contributed by atoms with Gasteiger partial charge in [0.2, 0.25) is 0 Å². The normalized spacial score (nSPS) is 7.44. The number of carbonyl (C=O) groups excluding carboxylic acids is 1. The van der Waals surface area contributed by atoms with E-state index in [1.807, 2.05) is 0 Å². The van der Waals surface area contributed by atoms with E-state index in [4.69, 9.17) is 34.8 Å². The van der Waals surface area contributed by atoms with Crippen LogP contribution in [0.3, 0.4) is 0 Å². The summed E-state index contributed by atoms with van der Waals surface area (Å²) < 4.78 is -0.494. The fourth-order valence-corrected chi connectivity index (χ4v) is 0.231.